The van der Waals surface area contributed by atoms with Gasteiger partial charge in [-0.25, -0.2) is 0 Å². The van der Waals surface area contributed by atoms with Gasteiger partial charge in [0.25, 0.3) is 0 Å². The van der Waals surface area contributed by atoms with Crippen molar-refractivity contribution >= 4 is 0 Å². The Morgan fingerprint density at radius 3 is 2.03 bits per heavy atom. The minimum absolute atomic E-state index is 0.390. The predicted molar refractivity (Wildman–Crippen MR) is 139 cm³/mol. The molecule has 0 spiro atoms. The van der Waals surface area contributed by atoms with Gasteiger partial charge in [-0.15, -0.1) is 0 Å². The topological polar surface area (TPSA) is 24.1 Å². The molecule has 0 bridgehead atoms. The molecule has 2 heteroatoms. The van der Waals surface area contributed by atoms with E-state index in [1.165, 1.54) is 122 Å². The average molecular weight is 445 g/mol. The van der Waals surface area contributed by atoms with Crippen LogP contribution in [0.25, 0.3) is 0 Å². The first-order chi connectivity index (χ1) is 15.6. The highest BCUT2D eigenvalue weighted by Crippen LogP contribution is 2.50. The van der Waals surface area contributed by atoms with Crippen molar-refractivity contribution in [1.82, 2.24) is 10.6 Å². The van der Waals surface area contributed by atoms with E-state index in [0.717, 1.165) is 41.7 Å². The van der Waals surface area contributed by atoms with Crippen LogP contribution >= 0.6 is 0 Å². The van der Waals surface area contributed by atoms with Crippen LogP contribution in [-0.2, 0) is 0 Å². The van der Waals surface area contributed by atoms with Gasteiger partial charge in [0.15, 0.2) is 0 Å². The molecule has 7 atom stereocenters. The van der Waals surface area contributed by atoms with E-state index in [2.05, 4.69) is 31.4 Å². The molecule has 4 fully saturated rings. The summed E-state index contributed by atoms with van der Waals surface area (Å²) >= 11 is 0. The molecule has 4 rings (SSSR count). The summed E-state index contributed by atoms with van der Waals surface area (Å²) in [4.78, 5) is 0. The van der Waals surface area contributed by atoms with Gasteiger partial charge in [-0.1, -0.05) is 97.8 Å². The fourth-order valence-corrected chi connectivity index (χ4v) is 8.91. The smallest absolute Gasteiger partial charge is 0.0152 e. The molecule has 2 nitrogen and oxygen atoms in total. The van der Waals surface area contributed by atoms with E-state index in [1.807, 2.05) is 0 Å². The summed E-state index contributed by atoms with van der Waals surface area (Å²) in [5.74, 6) is 4.74. The van der Waals surface area contributed by atoms with Crippen LogP contribution in [0.5, 0.6) is 0 Å². The van der Waals surface area contributed by atoms with Gasteiger partial charge in [-0.2, -0.15) is 0 Å². The molecule has 7 unspecified atom stereocenters. The monoisotopic (exact) mass is 444 g/mol. The van der Waals surface area contributed by atoms with E-state index in [-0.39, 0.29) is 0 Å². The number of hydrogen-bond donors (Lipinski definition) is 2. The number of hydrogen-bond acceptors (Lipinski definition) is 2. The zero-order valence-corrected chi connectivity index (χ0v) is 22.0. The lowest BCUT2D eigenvalue weighted by molar-refractivity contribution is -0.0180. The van der Waals surface area contributed by atoms with Crippen LogP contribution in [0.2, 0.25) is 0 Å². The molecule has 2 aliphatic carbocycles. The fourth-order valence-electron chi connectivity index (χ4n) is 8.91. The van der Waals surface area contributed by atoms with Gasteiger partial charge in [0.2, 0.25) is 0 Å². The summed E-state index contributed by atoms with van der Waals surface area (Å²) < 4.78 is 0. The summed E-state index contributed by atoms with van der Waals surface area (Å²) in [5.41, 5.74) is 0.390. The van der Waals surface area contributed by atoms with Crippen LogP contribution in [-0.4, -0.2) is 25.2 Å². The number of unbranched alkanes of at least 4 members (excludes halogenated alkanes) is 5. The van der Waals surface area contributed by atoms with Crippen molar-refractivity contribution in [3.05, 3.63) is 0 Å². The molecule has 0 aromatic carbocycles. The van der Waals surface area contributed by atoms with Gasteiger partial charge in [0, 0.05) is 12.1 Å². The number of piperidine rings is 2. The van der Waals surface area contributed by atoms with Gasteiger partial charge >= 0.3 is 0 Å². The zero-order chi connectivity index (χ0) is 22.4. The fraction of sp³-hybridized carbons (Fsp3) is 1.00. The Balaban J connectivity index is 1.50. The Morgan fingerprint density at radius 1 is 0.688 bits per heavy atom. The van der Waals surface area contributed by atoms with Crippen LogP contribution in [0.15, 0.2) is 0 Å². The highest BCUT2D eigenvalue weighted by molar-refractivity contribution is 5.04. The van der Waals surface area contributed by atoms with Gasteiger partial charge < -0.3 is 10.6 Å². The van der Waals surface area contributed by atoms with Gasteiger partial charge in [-0.05, 0) is 80.2 Å². The summed E-state index contributed by atoms with van der Waals surface area (Å²) in [6.07, 6.45) is 24.9. The summed E-state index contributed by atoms with van der Waals surface area (Å²) in [6.45, 7) is 10.3. The maximum atomic E-state index is 4.17. The standard InChI is InChI=1S/C30H56N2/c1-4-5-6-7-8-9-18-27(28-25-16-12-10-14-23(25)19-21-31-28)30(2,3)29-26-17-13-11-15-24(26)20-22-32-29/h23-29,31-32H,4-22H2,1-3H3. The van der Waals surface area contributed by atoms with Crippen molar-refractivity contribution in [2.45, 2.75) is 142 Å². The lowest BCUT2D eigenvalue weighted by atomic mass is 9.56. The third kappa shape index (κ3) is 5.76. The van der Waals surface area contributed by atoms with Crippen molar-refractivity contribution in [3.63, 3.8) is 0 Å². The molecule has 186 valence electrons. The van der Waals surface area contributed by atoms with Crippen molar-refractivity contribution in [1.29, 1.82) is 0 Å². The predicted octanol–water partition coefficient (Wildman–Crippen LogP) is 7.72. The number of fused-ring (bicyclic) bond motifs is 2. The van der Waals surface area contributed by atoms with Crippen molar-refractivity contribution in [2.75, 3.05) is 13.1 Å². The molecule has 0 aromatic heterocycles. The van der Waals surface area contributed by atoms with Gasteiger partial charge in [-0.3, -0.25) is 0 Å². The van der Waals surface area contributed by atoms with E-state index >= 15 is 0 Å². The first-order valence-electron chi connectivity index (χ1n) is 15.1. The Kier molecular flexibility index (Phi) is 9.43. The Hall–Kier alpha value is -0.0800. The molecule has 4 aliphatic rings. The molecule has 2 saturated carbocycles. The summed E-state index contributed by atoms with van der Waals surface area (Å²) in [5, 5.41) is 8.31. The normalized spacial score (nSPS) is 36.8. The van der Waals surface area contributed by atoms with Gasteiger partial charge in [0.1, 0.15) is 0 Å². The lowest BCUT2D eigenvalue weighted by Crippen LogP contribution is -2.62. The second kappa shape index (κ2) is 12.1. The highest BCUT2D eigenvalue weighted by atomic mass is 15.0. The van der Waals surface area contributed by atoms with E-state index in [1.54, 1.807) is 0 Å². The molecular formula is C30H56N2. The van der Waals surface area contributed by atoms with E-state index < -0.39 is 0 Å². The quantitative estimate of drug-likeness (QED) is 0.337. The second-order valence-electron chi connectivity index (χ2n) is 12.9. The maximum Gasteiger partial charge on any atom is 0.0152 e. The van der Waals surface area contributed by atoms with Crippen molar-refractivity contribution in [2.24, 2.45) is 35.0 Å². The minimum Gasteiger partial charge on any atom is -0.313 e. The van der Waals surface area contributed by atoms with Crippen LogP contribution in [0.4, 0.5) is 0 Å². The SMILES string of the molecule is CCCCCCCCC(C1NCCC2CCCCC21)C(C)(C)C1NCCC2CCCCC21. The second-order valence-corrected chi connectivity index (χ2v) is 12.9. The third-order valence-electron chi connectivity index (χ3n) is 10.7. The molecule has 2 aliphatic heterocycles. The van der Waals surface area contributed by atoms with Crippen molar-refractivity contribution < 1.29 is 0 Å². The molecule has 2 saturated heterocycles. The van der Waals surface area contributed by atoms with Crippen LogP contribution in [0.1, 0.15) is 130 Å². The Labute approximate surface area is 200 Å². The number of nitrogens with one attached hydrogen (secondary N) is 2. The minimum atomic E-state index is 0.390. The number of rotatable bonds is 10. The average Bonchev–Trinajstić information content (AvgIpc) is 2.83. The summed E-state index contributed by atoms with van der Waals surface area (Å²) in [7, 11) is 0. The lowest BCUT2D eigenvalue weighted by Gasteiger charge is -2.56. The molecule has 32 heavy (non-hydrogen) atoms. The maximum absolute atomic E-state index is 4.17. The van der Waals surface area contributed by atoms with Crippen LogP contribution in [0, 0.1) is 35.0 Å². The van der Waals surface area contributed by atoms with Crippen molar-refractivity contribution in [3.8, 4) is 0 Å². The first-order valence-corrected chi connectivity index (χ1v) is 15.1. The molecule has 2 N–H and O–H groups in total. The summed E-state index contributed by atoms with van der Waals surface area (Å²) in [6, 6.07) is 1.50. The van der Waals surface area contributed by atoms with Gasteiger partial charge in [0.05, 0.1) is 0 Å². The highest BCUT2D eigenvalue weighted by Gasteiger charge is 2.50. The third-order valence-corrected chi connectivity index (χ3v) is 10.7. The van der Waals surface area contributed by atoms with E-state index in [0.29, 0.717) is 5.41 Å². The zero-order valence-electron chi connectivity index (χ0n) is 22.0. The van der Waals surface area contributed by atoms with E-state index in [9.17, 15) is 0 Å². The molecule has 0 radical (unpaired) electrons. The molecule has 2 heterocycles. The largest absolute Gasteiger partial charge is 0.313 e. The molecule has 0 aromatic rings. The Bertz CT molecular complexity index is 539. The van der Waals surface area contributed by atoms with Crippen LogP contribution in [0.3, 0.4) is 0 Å². The Morgan fingerprint density at radius 2 is 1.28 bits per heavy atom. The molecular weight excluding hydrogens is 388 g/mol. The van der Waals surface area contributed by atoms with E-state index in [4.69, 9.17) is 0 Å². The van der Waals surface area contributed by atoms with Crippen LogP contribution < -0.4 is 10.6 Å². The molecule has 0 amide bonds. The first kappa shape index (κ1) is 25.0.